The van der Waals surface area contributed by atoms with Crippen LogP contribution in [0, 0.1) is 5.92 Å². The average molecular weight is 247 g/mol. The molecule has 0 aromatic heterocycles. The Hall–Kier alpha value is 0.210. The first kappa shape index (κ1) is 12.7. The SMILES string of the molecule is CCC1CCCC(OC2CC(Cl)C2OC)C1. The maximum absolute atomic E-state index is 6.12. The Bertz CT molecular complexity index is 222. The number of ether oxygens (including phenoxy) is 2. The lowest BCUT2D eigenvalue weighted by atomic mass is 9.84. The van der Waals surface area contributed by atoms with Crippen LogP contribution in [0.15, 0.2) is 0 Å². The second-order valence-corrected chi connectivity index (χ2v) is 5.75. The lowest BCUT2D eigenvalue weighted by molar-refractivity contribution is -0.146. The molecule has 0 radical (unpaired) electrons. The summed E-state index contributed by atoms with van der Waals surface area (Å²) in [4.78, 5) is 0. The molecule has 2 nitrogen and oxygen atoms in total. The molecule has 16 heavy (non-hydrogen) atoms. The van der Waals surface area contributed by atoms with Crippen LogP contribution in [0.2, 0.25) is 0 Å². The van der Waals surface area contributed by atoms with E-state index in [1.165, 1.54) is 32.1 Å². The molecule has 0 aromatic rings. The van der Waals surface area contributed by atoms with Crippen LogP contribution in [0.4, 0.5) is 0 Å². The van der Waals surface area contributed by atoms with E-state index in [1.54, 1.807) is 7.11 Å². The monoisotopic (exact) mass is 246 g/mol. The van der Waals surface area contributed by atoms with Gasteiger partial charge in [0.1, 0.15) is 0 Å². The van der Waals surface area contributed by atoms with Gasteiger partial charge in [0.15, 0.2) is 0 Å². The molecule has 2 rings (SSSR count). The molecule has 94 valence electrons. The van der Waals surface area contributed by atoms with Gasteiger partial charge in [-0.05, 0) is 25.2 Å². The highest BCUT2D eigenvalue weighted by Crippen LogP contribution is 2.36. The van der Waals surface area contributed by atoms with Gasteiger partial charge in [0.05, 0.1) is 23.7 Å². The van der Waals surface area contributed by atoms with Gasteiger partial charge in [-0.2, -0.15) is 0 Å². The molecular weight excluding hydrogens is 224 g/mol. The van der Waals surface area contributed by atoms with Crippen LogP contribution < -0.4 is 0 Å². The lowest BCUT2D eigenvalue weighted by Crippen LogP contribution is -2.52. The average Bonchev–Trinajstić information content (AvgIpc) is 2.29. The minimum Gasteiger partial charge on any atom is -0.377 e. The van der Waals surface area contributed by atoms with Gasteiger partial charge < -0.3 is 9.47 Å². The fourth-order valence-electron chi connectivity index (χ4n) is 2.94. The van der Waals surface area contributed by atoms with E-state index in [4.69, 9.17) is 21.1 Å². The molecule has 2 saturated carbocycles. The number of methoxy groups -OCH3 is 1. The van der Waals surface area contributed by atoms with Crippen LogP contribution in [-0.4, -0.2) is 30.8 Å². The third-order valence-corrected chi connectivity index (χ3v) is 4.56. The van der Waals surface area contributed by atoms with E-state index in [-0.39, 0.29) is 17.6 Å². The Labute approximate surface area is 104 Å². The molecule has 0 N–H and O–H groups in total. The molecule has 0 heterocycles. The molecule has 5 atom stereocenters. The van der Waals surface area contributed by atoms with Crippen LogP contribution in [0.25, 0.3) is 0 Å². The van der Waals surface area contributed by atoms with Gasteiger partial charge >= 0.3 is 0 Å². The summed E-state index contributed by atoms with van der Waals surface area (Å²) in [6, 6.07) is 0. The van der Waals surface area contributed by atoms with Crippen LogP contribution in [-0.2, 0) is 9.47 Å². The van der Waals surface area contributed by atoms with Crippen molar-refractivity contribution >= 4 is 11.6 Å². The van der Waals surface area contributed by atoms with E-state index < -0.39 is 0 Å². The number of halogens is 1. The van der Waals surface area contributed by atoms with E-state index in [0.717, 1.165) is 12.3 Å². The molecule has 5 unspecified atom stereocenters. The van der Waals surface area contributed by atoms with Gasteiger partial charge in [-0.1, -0.05) is 26.2 Å². The first-order valence-electron chi connectivity index (χ1n) is 6.57. The maximum atomic E-state index is 6.12. The number of hydrogen-bond acceptors (Lipinski definition) is 2. The predicted molar refractivity (Wildman–Crippen MR) is 66.0 cm³/mol. The first-order chi connectivity index (χ1) is 7.74. The normalized spacial score (nSPS) is 44.1. The standard InChI is InChI=1S/C13H23ClO2/c1-3-9-5-4-6-10(7-9)16-12-8-11(14)13(12)15-2/h9-13H,3-8H2,1-2H3. The Morgan fingerprint density at radius 1 is 1.25 bits per heavy atom. The highest BCUT2D eigenvalue weighted by atomic mass is 35.5. The van der Waals surface area contributed by atoms with Crippen molar-refractivity contribution in [2.24, 2.45) is 5.92 Å². The highest BCUT2D eigenvalue weighted by molar-refractivity contribution is 6.21. The molecule has 2 aliphatic rings. The van der Waals surface area contributed by atoms with Crippen molar-refractivity contribution in [1.29, 1.82) is 0 Å². The van der Waals surface area contributed by atoms with Crippen LogP contribution in [0.3, 0.4) is 0 Å². The van der Waals surface area contributed by atoms with Gasteiger partial charge in [-0.25, -0.2) is 0 Å². The molecule has 0 aliphatic heterocycles. The molecule has 0 amide bonds. The minimum atomic E-state index is 0.115. The quantitative estimate of drug-likeness (QED) is 0.709. The molecular formula is C13H23ClO2. The maximum Gasteiger partial charge on any atom is 0.0997 e. The van der Waals surface area contributed by atoms with Crippen LogP contribution in [0.1, 0.15) is 45.4 Å². The van der Waals surface area contributed by atoms with Gasteiger partial charge in [0.2, 0.25) is 0 Å². The summed E-state index contributed by atoms with van der Waals surface area (Å²) in [6.45, 7) is 2.28. The third-order valence-electron chi connectivity index (χ3n) is 4.13. The van der Waals surface area contributed by atoms with Gasteiger partial charge in [-0.15, -0.1) is 11.6 Å². The summed E-state index contributed by atoms with van der Waals surface area (Å²) in [5.74, 6) is 0.867. The van der Waals surface area contributed by atoms with Crippen molar-refractivity contribution in [3.05, 3.63) is 0 Å². The number of rotatable bonds is 4. The van der Waals surface area contributed by atoms with E-state index in [2.05, 4.69) is 6.92 Å². The molecule has 2 fully saturated rings. The van der Waals surface area contributed by atoms with Crippen molar-refractivity contribution in [3.8, 4) is 0 Å². The fourth-order valence-corrected chi connectivity index (χ4v) is 3.38. The molecule has 0 saturated heterocycles. The van der Waals surface area contributed by atoms with Gasteiger partial charge in [0, 0.05) is 7.11 Å². The number of alkyl halides is 1. The molecule has 0 spiro atoms. The predicted octanol–water partition coefficient (Wildman–Crippen LogP) is 3.37. The van der Waals surface area contributed by atoms with Crippen molar-refractivity contribution < 1.29 is 9.47 Å². The third kappa shape index (κ3) is 2.72. The number of hydrogen-bond donors (Lipinski definition) is 0. The molecule has 2 aliphatic carbocycles. The smallest absolute Gasteiger partial charge is 0.0997 e. The second kappa shape index (κ2) is 5.70. The topological polar surface area (TPSA) is 18.5 Å². The van der Waals surface area contributed by atoms with Crippen LogP contribution >= 0.6 is 11.6 Å². The first-order valence-corrected chi connectivity index (χ1v) is 7.00. The van der Waals surface area contributed by atoms with Crippen molar-refractivity contribution in [2.45, 2.75) is 69.1 Å². The van der Waals surface area contributed by atoms with Gasteiger partial charge in [-0.3, -0.25) is 0 Å². The van der Waals surface area contributed by atoms with Crippen LogP contribution in [0.5, 0.6) is 0 Å². The summed E-state index contributed by atoms with van der Waals surface area (Å²) in [6.07, 6.45) is 8.20. The summed E-state index contributed by atoms with van der Waals surface area (Å²) < 4.78 is 11.5. The van der Waals surface area contributed by atoms with E-state index >= 15 is 0 Å². The van der Waals surface area contributed by atoms with E-state index in [9.17, 15) is 0 Å². The summed E-state index contributed by atoms with van der Waals surface area (Å²) >= 11 is 6.08. The highest BCUT2D eigenvalue weighted by Gasteiger charge is 2.42. The van der Waals surface area contributed by atoms with E-state index in [0.29, 0.717) is 6.10 Å². The van der Waals surface area contributed by atoms with Gasteiger partial charge in [0.25, 0.3) is 0 Å². The van der Waals surface area contributed by atoms with Crippen molar-refractivity contribution in [1.82, 2.24) is 0 Å². The Kier molecular flexibility index (Phi) is 4.51. The Balaban J connectivity index is 1.77. The molecule has 0 bridgehead atoms. The lowest BCUT2D eigenvalue weighted by Gasteiger charge is -2.43. The molecule has 0 aromatic carbocycles. The minimum absolute atomic E-state index is 0.115. The Morgan fingerprint density at radius 2 is 2.06 bits per heavy atom. The van der Waals surface area contributed by atoms with Crippen molar-refractivity contribution in [3.63, 3.8) is 0 Å². The summed E-state index contributed by atoms with van der Waals surface area (Å²) in [5.41, 5.74) is 0. The van der Waals surface area contributed by atoms with Crippen molar-refractivity contribution in [2.75, 3.05) is 7.11 Å². The Morgan fingerprint density at radius 3 is 2.69 bits per heavy atom. The zero-order valence-corrected chi connectivity index (χ0v) is 11.1. The largest absolute Gasteiger partial charge is 0.377 e. The molecule has 3 heteroatoms. The zero-order chi connectivity index (χ0) is 11.5. The summed E-state index contributed by atoms with van der Waals surface area (Å²) in [7, 11) is 1.73. The summed E-state index contributed by atoms with van der Waals surface area (Å²) in [5, 5.41) is 0.153. The fraction of sp³-hybridized carbons (Fsp3) is 1.00. The zero-order valence-electron chi connectivity index (χ0n) is 10.3. The van der Waals surface area contributed by atoms with E-state index in [1.807, 2.05) is 0 Å². The second-order valence-electron chi connectivity index (χ2n) is 5.19.